The third-order valence-corrected chi connectivity index (χ3v) is 7.37. The Morgan fingerprint density at radius 1 is 1.11 bits per heavy atom. The molecule has 1 aliphatic carbocycles. The van der Waals surface area contributed by atoms with Crippen LogP contribution >= 0.6 is 11.3 Å². The number of thiophene rings is 1. The summed E-state index contributed by atoms with van der Waals surface area (Å²) in [6, 6.07) is 16.8. The second kappa shape index (κ2) is 10.4. The zero-order valence-electron chi connectivity index (χ0n) is 19.8. The van der Waals surface area contributed by atoms with Gasteiger partial charge in [0.25, 0.3) is 0 Å². The topological polar surface area (TPSA) is 80.1 Å². The van der Waals surface area contributed by atoms with Gasteiger partial charge in [0.2, 0.25) is 11.8 Å². The van der Waals surface area contributed by atoms with Crippen LogP contribution in [0.5, 0.6) is 0 Å². The summed E-state index contributed by atoms with van der Waals surface area (Å²) in [6.45, 7) is 2.07. The Morgan fingerprint density at radius 3 is 2.60 bits per heavy atom. The molecule has 1 aliphatic rings. The number of hydrogen-bond acceptors (Lipinski definition) is 5. The van der Waals surface area contributed by atoms with Gasteiger partial charge in [-0.3, -0.25) is 14.5 Å². The van der Waals surface area contributed by atoms with Gasteiger partial charge in [-0.05, 0) is 71.5 Å². The van der Waals surface area contributed by atoms with E-state index in [-0.39, 0.29) is 24.4 Å². The summed E-state index contributed by atoms with van der Waals surface area (Å²) in [5.41, 5.74) is 4.18. The molecule has 2 aromatic carbocycles. The maximum atomic E-state index is 13.9. The number of carbonyl (C=O) groups excluding carboxylic acids is 2. The highest BCUT2D eigenvalue weighted by molar-refractivity contribution is 7.08. The standard InChI is InChI=1S/C27H29N5O2S/c1-2-19-11-13-22(14-12-19)32(25(33)17-31-24-10-6-5-9-23(24)29-30-31)26(20-15-16-35-18-20)27(34)28-21-7-3-4-8-21/h5-6,9-16,18,21,26H,2-4,7-8,17H2,1H3,(H,28,34). The summed E-state index contributed by atoms with van der Waals surface area (Å²) >= 11 is 1.52. The lowest BCUT2D eigenvalue weighted by Gasteiger charge is -2.32. The number of hydrogen-bond donors (Lipinski definition) is 1. The summed E-state index contributed by atoms with van der Waals surface area (Å²) in [5.74, 6) is -0.366. The van der Waals surface area contributed by atoms with Gasteiger partial charge >= 0.3 is 0 Å². The minimum Gasteiger partial charge on any atom is -0.351 e. The third-order valence-electron chi connectivity index (χ3n) is 6.66. The van der Waals surface area contributed by atoms with E-state index in [0.29, 0.717) is 5.69 Å². The van der Waals surface area contributed by atoms with Gasteiger partial charge in [0.1, 0.15) is 18.1 Å². The fraction of sp³-hybridized carbons (Fsp3) is 0.333. The van der Waals surface area contributed by atoms with E-state index >= 15 is 0 Å². The first-order valence-corrected chi connectivity index (χ1v) is 13.1. The quantitative estimate of drug-likeness (QED) is 0.384. The number of amides is 2. The van der Waals surface area contributed by atoms with Crippen LogP contribution in [-0.4, -0.2) is 32.9 Å². The number of nitrogens with one attached hydrogen (secondary N) is 1. The van der Waals surface area contributed by atoms with Crippen LogP contribution in [-0.2, 0) is 22.6 Å². The molecule has 0 bridgehead atoms. The van der Waals surface area contributed by atoms with Crippen LogP contribution in [0.15, 0.2) is 65.4 Å². The molecule has 0 aliphatic heterocycles. The molecule has 2 heterocycles. The van der Waals surface area contributed by atoms with Gasteiger partial charge in [0, 0.05) is 11.7 Å². The van der Waals surface area contributed by atoms with Gasteiger partial charge in [-0.25, -0.2) is 4.68 Å². The molecule has 2 aromatic heterocycles. The minimum atomic E-state index is -0.767. The van der Waals surface area contributed by atoms with Crippen molar-refractivity contribution in [2.75, 3.05) is 4.90 Å². The Balaban J connectivity index is 1.53. The lowest BCUT2D eigenvalue weighted by molar-refractivity contribution is -0.127. The monoisotopic (exact) mass is 487 g/mol. The second-order valence-corrected chi connectivity index (χ2v) is 9.75. The molecule has 1 fully saturated rings. The number of rotatable bonds is 8. The van der Waals surface area contributed by atoms with Crippen LogP contribution in [0.3, 0.4) is 0 Å². The molecule has 0 spiro atoms. The molecular weight excluding hydrogens is 458 g/mol. The van der Waals surface area contributed by atoms with Crippen LogP contribution in [0.25, 0.3) is 11.0 Å². The predicted molar refractivity (Wildman–Crippen MR) is 138 cm³/mol. The van der Waals surface area contributed by atoms with Crippen molar-refractivity contribution in [2.45, 2.75) is 57.7 Å². The normalized spacial score (nSPS) is 14.8. The Hall–Kier alpha value is -3.52. The number of aromatic nitrogens is 3. The third kappa shape index (κ3) is 4.98. The van der Waals surface area contributed by atoms with Crippen LogP contribution < -0.4 is 10.2 Å². The van der Waals surface area contributed by atoms with Gasteiger partial charge in [-0.15, -0.1) is 5.10 Å². The van der Waals surface area contributed by atoms with E-state index in [1.54, 1.807) is 9.58 Å². The SMILES string of the molecule is CCc1ccc(N(C(=O)Cn2nnc3ccccc32)C(C(=O)NC2CCCC2)c2ccsc2)cc1. The average molecular weight is 488 g/mol. The van der Waals surface area contributed by atoms with Gasteiger partial charge in [-0.2, -0.15) is 11.3 Å². The summed E-state index contributed by atoms with van der Waals surface area (Å²) in [7, 11) is 0. The van der Waals surface area contributed by atoms with Crippen LogP contribution in [0.2, 0.25) is 0 Å². The highest BCUT2D eigenvalue weighted by Crippen LogP contribution is 2.31. The molecule has 0 radical (unpaired) electrons. The molecule has 2 amide bonds. The first-order valence-electron chi connectivity index (χ1n) is 12.2. The Labute approximate surface area is 208 Å². The van der Waals surface area contributed by atoms with E-state index in [2.05, 4.69) is 22.6 Å². The van der Waals surface area contributed by atoms with Crippen molar-refractivity contribution in [3.05, 3.63) is 76.5 Å². The first-order chi connectivity index (χ1) is 17.1. The van der Waals surface area contributed by atoms with E-state index < -0.39 is 6.04 Å². The number of aryl methyl sites for hydroxylation is 1. The van der Waals surface area contributed by atoms with Gasteiger partial charge < -0.3 is 5.32 Å². The fourth-order valence-corrected chi connectivity index (χ4v) is 5.45. The smallest absolute Gasteiger partial charge is 0.249 e. The molecule has 1 atom stereocenters. The molecular formula is C27H29N5O2S. The number of anilines is 1. The van der Waals surface area contributed by atoms with Crippen molar-refractivity contribution < 1.29 is 9.59 Å². The van der Waals surface area contributed by atoms with Crippen molar-refractivity contribution in [1.29, 1.82) is 0 Å². The average Bonchev–Trinajstić information content (AvgIpc) is 3.66. The Kier molecular flexibility index (Phi) is 6.90. The van der Waals surface area contributed by atoms with Crippen LogP contribution in [0, 0.1) is 0 Å². The summed E-state index contributed by atoms with van der Waals surface area (Å²) in [4.78, 5) is 29.3. The first kappa shape index (κ1) is 23.2. The number of benzene rings is 2. The van der Waals surface area contributed by atoms with E-state index in [4.69, 9.17) is 0 Å². The molecule has 8 heteroatoms. The molecule has 0 saturated heterocycles. The molecule has 5 rings (SSSR count). The van der Waals surface area contributed by atoms with E-state index in [1.165, 1.54) is 16.9 Å². The van der Waals surface area contributed by atoms with Crippen molar-refractivity contribution in [3.63, 3.8) is 0 Å². The summed E-state index contributed by atoms with van der Waals surface area (Å²) < 4.78 is 1.60. The Morgan fingerprint density at radius 2 is 1.89 bits per heavy atom. The van der Waals surface area contributed by atoms with Crippen molar-refractivity contribution >= 4 is 39.9 Å². The maximum Gasteiger partial charge on any atom is 0.249 e. The molecule has 180 valence electrons. The number of para-hydroxylation sites is 1. The molecule has 1 N–H and O–H groups in total. The fourth-order valence-electron chi connectivity index (χ4n) is 4.77. The summed E-state index contributed by atoms with van der Waals surface area (Å²) in [6.07, 6.45) is 5.09. The molecule has 1 unspecified atom stereocenters. The zero-order valence-corrected chi connectivity index (χ0v) is 20.6. The van der Waals surface area contributed by atoms with Crippen LogP contribution in [0.4, 0.5) is 5.69 Å². The van der Waals surface area contributed by atoms with Gasteiger partial charge in [-0.1, -0.05) is 49.2 Å². The van der Waals surface area contributed by atoms with Crippen molar-refractivity contribution in [3.8, 4) is 0 Å². The molecule has 4 aromatic rings. The minimum absolute atomic E-state index is 0.0204. The summed E-state index contributed by atoms with van der Waals surface area (Å²) in [5, 5.41) is 15.5. The molecule has 7 nitrogen and oxygen atoms in total. The van der Waals surface area contributed by atoms with Crippen molar-refractivity contribution in [1.82, 2.24) is 20.3 Å². The van der Waals surface area contributed by atoms with Crippen LogP contribution in [0.1, 0.15) is 49.8 Å². The molecule has 35 heavy (non-hydrogen) atoms. The zero-order chi connectivity index (χ0) is 24.2. The van der Waals surface area contributed by atoms with Crippen molar-refractivity contribution in [2.24, 2.45) is 0 Å². The number of carbonyl (C=O) groups is 2. The van der Waals surface area contributed by atoms with Gasteiger partial charge in [0.05, 0.1) is 5.52 Å². The van der Waals surface area contributed by atoms with E-state index in [9.17, 15) is 9.59 Å². The van der Waals surface area contributed by atoms with Gasteiger partial charge in [0.15, 0.2) is 0 Å². The second-order valence-electron chi connectivity index (χ2n) is 8.97. The predicted octanol–water partition coefficient (Wildman–Crippen LogP) is 4.89. The highest BCUT2D eigenvalue weighted by atomic mass is 32.1. The lowest BCUT2D eigenvalue weighted by Crippen LogP contribution is -2.47. The maximum absolute atomic E-state index is 13.9. The Bertz CT molecular complexity index is 1290. The lowest BCUT2D eigenvalue weighted by atomic mass is 10.0. The largest absolute Gasteiger partial charge is 0.351 e. The number of fused-ring (bicyclic) bond motifs is 1. The van der Waals surface area contributed by atoms with E-state index in [1.807, 2.05) is 65.4 Å². The highest BCUT2D eigenvalue weighted by Gasteiger charge is 2.35. The molecule has 1 saturated carbocycles. The van der Waals surface area contributed by atoms with E-state index in [0.717, 1.165) is 48.7 Å². The number of nitrogens with zero attached hydrogens (tertiary/aromatic N) is 4.